The van der Waals surface area contributed by atoms with Gasteiger partial charge in [0.1, 0.15) is 16.9 Å². The zero-order valence-corrected chi connectivity index (χ0v) is 20.3. The number of carbonyl (C=O) groups excluding carboxylic acids is 1. The first kappa shape index (κ1) is 35.0. The van der Waals surface area contributed by atoms with Crippen LogP contribution in [-0.4, -0.2) is 71.6 Å². The zero-order valence-electron chi connectivity index (χ0n) is 20.3. The highest BCUT2D eigenvalue weighted by molar-refractivity contribution is 5.92. The molecule has 0 aromatic heterocycles. The summed E-state index contributed by atoms with van der Waals surface area (Å²) in [6.45, 7) is 3.91. The lowest BCUT2D eigenvalue weighted by atomic mass is 9.76. The fourth-order valence-corrected chi connectivity index (χ4v) is 4.24. The van der Waals surface area contributed by atoms with Crippen molar-refractivity contribution in [2.75, 3.05) is 0 Å². The van der Waals surface area contributed by atoms with Gasteiger partial charge < -0.3 is 14.2 Å². The van der Waals surface area contributed by atoms with E-state index in [0.717, 1.165) is 0 Å². The molecule has 0 saturated carbocycles. The van der Waals surface area contributed by atoms with Crippen LogP contribution >= 0.6 is 0 Å². The van der Waals surface area contributed by atoms with Crippen molar-refractivity contribution in [2.45, 2.75) is 106 Å². The fourth-order valence-electron chi connectivity index (χ4n) is 4.24. The Morgan fingerprint density at radius 3 is 1.44 bits per heavy atom. The smallest absolute Gasteiger partial charge is 0.473 e. The Morgan fingerprint density at radius 1 is 0.707 bits per heavy atom. The number of hydrogen-bond acceptors (Lipinski definition) is 4. The largest absolute Gasteiger partial charge is 0.494 e. The Bertz CT molecular complexity index is 1060. The van der Waals surface area contributed by atoms with Crippen molar-refractivity contribution in [3.05, 3.63) is 11.3 Å². The molecule has 0 N–H and O–H groups in total. The van der Waals surface area contributed by atoms with E-state index in [1.54, 1.807) is 0 Å². The molecule has 1 spiro atoms. The van der Waals surface area contributed by atoms with E-state index in [0.29, 0.717) is 0 Å². The second-order valence-electron chi connectivity index (χ2n) is 9.26. The normalized spacial score (nSPS) is 25.7. The minimum atomic E-state index is -8.78. The fraction of sp³-hybridized carbons (Fsp3) is 0.850. The Balaban J connectivity index is 2.56. The quantitative estimate of drug-likeness (QED) is 0.193. The average molecular weight is 644 g/mol. The van der Waals surface area contributed by atoms with Gasteiger partial charge in [-0.2, -0.15) is 74.6 Å². The van der Waals surface area contributed by atoms with Gasteiger partial charge in [-0.25, -0.2) is 4.79 Å². The van der Waals surface area contributed by atoms with Crippen molar-refractivity contribution in [3.8, 4) is 0 Å². The molecule has 21 heteroatoms. The van der Waals surface area contributed by atoms with Gasteiger partial charge in [0.25, 0.3) is 0 Å². The molecule has 1 saturated heterocycles. The van der Waals surface area contributed by atoms with E-state index in [4.69, 9.17) is 9.47 Å². The summed E-state index contributed by atoms with van der Waals surface area (Å²) in [5.74, 6) is -54.5. The van der Waals surface area contributed by atoms with Crippen molar-refractivity contribution < 1.29 is 93.6 Å². The maximum absolute atomic E-state index is 14.2. The Morgan fingerprint density at radius 2 is 1.07 bits per heavy atom. The van der Waals surface area contributed by atoms with Crippen LogP contribution in [0.3, 0.4) is 0 Å². The van der Waals surface area contributed by atoms with E-state index in [9.17, 15) is 79.4 Å². The van der Waals surface area contributed by atoms with E-state index in [-0.39, 0.29) is 12.8 Å². The topological polar surface area (TPSA) is 44.8 Å². The molecule has 0 aromatic rings. The van der Waals surface area contributed by atoms with Crippen molar-refractivity contribution in [1.82, 2.24) is 0 Å². The predicted octanol–water partition coefficient (Wildman–Crippen LogP) is 7.52. The molecule has 3 unspecified atom stereocenters. The minimum Gasteiger partial charge on any atom is -0.494 e. The number of carbonyl (C=O) groups is 1. The molecule has 2 aliphatic heterocycles. The highest BCUT2D eigenvalue weighted by Gasteiger charge is 2.96. The lowest BCUT2D eigenvalue weighted by Gasteiger charge is -2.51. The summed E-state index contributed by atoms with van der Waals surface area (Å²) < 4.78 is 242. The summed E-state index contributed by atoms with van der Waals surface area (Å²) in [7, 11) is 0. The van der Waals surface area contributed by atoms with Crippen molar-refractivity contribution in [1.29, 1.82) is 0 Å². The van der Waals surface area contributed by atoms with Crippen LogP contribution in [0, 0.1) is 0 Å². The van der Waals surface area contributed by atoms with Crippen LogP contribution in [0.2, 0.25) is 0 Å². The molecule has 0 amide bonds. The number of halogens is 17. The second kappa shape index (κ2) is 9.65. The summed E-state index contributed by atoms with van der Waals surface area (Å²) in [4.78, 5) is 12.4. The number of ether oxygens (including phenoxy) is 3. The highest BCUT2D eigenvalue weighted by Crippen LogP contribution is 2.64. The first-order valence-electron chi connectivity index (χ1n) is 10.9. The molecule has 0 radical (unpaired) electrons. The van der Waals surface area contributed by atoms with Crippen LogP contribution in [0.25, 0.3) is 0 Å². The average Bonchev–Trinajstić information content (AvgIpc) is 2.75. The Hall–Kier alpha value is -2.22. The van der Waals surface area contributed by atoms with E-state index in [1.165, 1.54) is 20.8 Å². The SMILES string of the molecule is CCC1=C(C(=O)OC(F)(F)C(F)(F)C(F)(F)C(F)(F)C(F)(F)C(F)(F)C(F)(F)C(F)(F)F)C2(CC(C)O1)CC(C)O2. The summed E-state index contributed by atoms with van der Waals surface area (Å²) in [5.41, 5.74) is -3.06. The van der Waals surface area contributed by atoms with Gasteiger partial charge in [-0.1, -0.05) is 6.92 Å². The Kier molecular flexibility index (Phi) is 8.23. The molecule has 0 aromatic carbocycles. The van der Waals surface area contributed by atoms with Gasteiger partial charge in [0, 0.05) is 19.3 Å². The van der Waals surface area contributed by atoms with Gasteiger partial charge in [-0.15, -0.1) is 0 Å². The van der Waals surface area contributed by atoms with E-state index < -0.39 is 89.4 Å². The van der Waals surface area contributed by atoms with Crippen LogP contribution in [0.1, 0.15) is 40.0 Å². The van der Waals surface area contributed by atoms with Gasteiger partial charge in [-0.05, 0) is 13.8 Å². The molecular weight excluding hydrogens is 627 g/mol. The first-order chi connectivity index (χ1) is 17.9. The number of allylic oxidation sites excluding steroid dienone is 1. The molecule has 2 rings (SSSR count). The van der Waals surface area contributed by atoms with Gasteiger partial charge >= 0.3 is 53.8 Å². The van der Waals surface area contributed by atoms with Crippen LogP contribution in [0.4, 0.5) is 74.6 Å². The lowest BCUT2D eigenvalue weighted by molar-refractivity contribution is -0.473. The van der Waals surface area contributed by atoms with Gasteiger partial charge in [0.2, 0.25) is 0 Å². The standard InChI is InChI=1S/C20H17F17O4/c1-4-9-10(12(5-7(2)39-9)6-8(3)40-12)11(38)41-20(36,37)18(31,32)16(27,28)14(23,24)13(21,22)15(25,26)17(29,30)19(33,34)35/h7-8H,4-6H2,1-3H3. The molecule has 3 atom stereocenters. The minimum absolute atomic E-state index is 0.223. The summed E-state index contributed by atoms with van der Waals surface area (Å²) in [5, 5.41) is 0. The summed E-state index contributed by atoms with van der Waals surface area (Å²) in [6, 6.07) is 0. The second-order valence-corrected chi connectivity index (χ2v) is 9.26. The molecule has 4 nitrogen and oxygen atoms in total. The number of alkyl halides is 17. The van der Waals surface area contributed by atoms with E-state index in [1.807, 2.05) is 0 Å². The van der Waals surface area contributed by atoms with E-state index >= 15 is 0 Å². The third-order valence-electron chi connectivity index (χ3n) is 6.18. The lowest BCUT2D eigenvalue weighted by Crippen LogP contribution is -2.74. The van der Waals surface area contributed by atoms with Gasteiger partial charge in [0.05, 0.1) is 12.2 Å². The zero-order chi connectivity index (χ0) is 32.6. The number of rotatable bonds is 9. The first-order valence-corrected chi connectivity index (χ1v) is 10.9. The van der Waals surface area contributed by atoms with Crippen molar-refractivity contribution in [3.63, 3.8) is 0 Å². The number of esters is 1. The van der Waals surface area contributed by atoms with Gasteiger partial charge in [-0.3, -0.25) is 0 Å². The van der Waals surface area contributed by atoms with E-state index in [2.05, 4.69) is 4.74 Å². The number of hydrogen-bond donors (Lipinski definition) is 0. The molecule has 2 heterocycles. The van der Waals surface area contributed by atoms with Crippen LogP contribution in [-0.2, 0) is 19.0 Å². The maximum Gasteiger partial charge on any atom is 0.473 e. The summed E-state index contributed by atoms with van der Waals surface area (Å²) >= 11 is 0. The van der Waals surface area contributed by atoms with Crippen molar-refractivity contribution >= 4 is 5.97 Å². The third kappa shape index (κ3) is 4.76. The molecule has 2 aliphatic rings. The maximum atomic E-state index is 14.2. The highest BCUT2D eigenvalue weighted by atomic mass is 19.4. The van der Waals surface area contributed by atoms with Crippen molar-refractivity contribution in [2.24, 2.45) is 0 Å². The molecular formula is C20H17F17O4. The Labute approximate surface area is 217 Å². The summed E-state index contributed by atoms with van der Waals surface area (Å²) in [6.07, 6.45) is -17.7. The molecule has 0 bridgehead atoms. The molecule has 41 heavy (non-hydrogen) atoms. The molecule has 240 valence electrons. The van der Waals surface area contributed by atoms with Gasteiger partial charge in [0.15, 0.2) is 0 Å². The van der Waals surface area contributed by atoms with Crippen LogP contribution in [0.15, 0.2) is 11.3 Å². The van der Waals surface area contributed by atoms with Crippen LogP contribution < -0.4 is 0 Å². The third-order valence-corrected chi connectivity index (χ3v) is 6.18. The van der Waals surface area contributed by atoms with Crippen LogP contribution in [0.5, 0.6) is 0 Å². The molecule has 0 aliphatic carbocycles. The predicted molar refractivity (Wildman–Crippen MR) is 97.2 cm³/mol. The molecule has 1 fully saturated rings. The monoisotopic (exact) mass is 644 g/mol.